The van der Waals surface area contributed by atoms with Gasteiger partial charge >= 0.3 is 0 Å². The third-order valence-electron chi connectivity index (χ3n) is 3.58. The molecule has 5 heteroatoms. The van der Waals surface area contributed by atoms with Gasteiger partial charge in [0.1, 0.15) is 23.0 Å². The van der Waals surface area contributed by atoms with Gasteiger partial charge in [0.15, 0.2) is 5.78 Å². The number of methoxy groups -OCH3 is 4. The minimum atomic E-state index is -0.176. The van der Waals surface area contributed by atoms with Crippen LogP contribution in [0.1, 0.15) is 21.5 Å². The molecule has 2 aromatic carbocycles. The van der Waals surface area contributed by atoms with E-state index in [0.717, 1.165) is 5.56 Å². The Bertz CT molecular complexity index is 699. The summed E-state index contributed by atoms with van der Waals surface area (Å²) in [5.41, 5.74) is 1.77. The highest BCUT2D eigenvalue weighted by Crippen LogP contribution is 2.32. The fourth-order valence-electron chi connectivity index (χ4n) is 2.33. The van der Waals surface area contributed by atoms with E-state index in [1.807, 2.05) is 6.92 Å². The van der Waals surface area contributed by atoms with E-state index in [-0.39, 0.29) is 5.78 Å². The molecule has 0 spiro atoms. The monoisotopic (exact) mass is 316 g/mol. The average Bonchev–Trinajstić information content (AvgIpc) is 2.60. The van der Waals surface area contributed by atoms with Gasteiger partial charge in [0.05, 0.1) is 34.0 Å². The first-order valence-electron chi connectivity index (χ1n) is 7.04. The van der Waals surface area contributed by atoms with Gasteiger partial charge in [0.2, 0.25) is 0 Å². The van der Waals surface area contributed by atoms with Crippen molar-refractivity contribution in [3.63, 3.8) is 0 Å². The van der Waals surface area contributed by atoms with Crippen molar-refractivity contribution in [1.29, 1.82) is 0 Å². The number of hydrogen-bond acceptors (Lipinski definition) is 5. The smallest absolute Gasteiger partial charge is 0.197 e. The first kappa shape index (κ1) is 16.7. The second-order valence-electron chi connectivity index (χ2n) is 4.95. The standard InChI is InChI=1S/C18H20O5/c1-11-6-15(17(23-5)10-16(11)22-4)18(19)12-7-13(20-2)9-14(8-12)21-3/h6-10H,1-5H3. The van der Waals surface area contributed by atoms with Crippen LogP contribution in [0.5, 0.6) is 23.0 Å². The van der Waals surface area contributed by atoms with Crippen molar-refractivity contribution < 1.29 is 23.7 Å². The van der Waals surface area contributed by atoms with Crippen LogP contribution in [0.3, 0.4) is 0 Å². The van der Waals surface area contributed by atoms with Crippen LogP contribution in [0.25, 0.3) is 0 Å². The predicted octanol–water partition coefficient (Wildman–Crippen LogP) is 3.26. The zero-order chi connectivity index (χ0) is 17.0. The van der Waals surface area contributed by atoms with Gasteiger partial charge < -0.3 is 18.9 Å². The number of ketones is 1. The Kier molecular flexibility index (Phi) is 5.11. The van der Waals surface area contributed by atoms with Crippen molar-refractivity contribution in [2.75, 3.05) is 28.4 Å². The molecule has 122 valence electrons. The summed E-state index contributed by atoms with van der Waals surface area (Å²) >= 11 is 0. The maximum absolute atomic E-state index is 12.9. The largest absolute Gasteiger partial charge is 0.497 e. The van der Waals surface area contributed by atoms with E-state index < -0.39 is 0 Å². The van der Waals surface area contributed by atoms with Crippen LogP contribution in [-0.4, -0.2) is 34.2 Å². The number of carbonyl (C=O) groups excluding carboxylic acids is 1. The fraction of sp³-hybridized carbons (Fsp3) is 0.278. The first-order valence-corrected chi connectivity index (χ1v) is 7.04. The van der Waals surface area contributed by atoms with Gasteiger partial charge in [-0.15, -0.1) is 0 Å². The van der Waals surface area contributed by atoms with Crippen LogP contribution in [0.15, 0.2) is 30.3 Å². The van der Waals surface area contributed by atoms with Crippen molar-refractivity contribution in [3.05, 3.63) is 47.0 Å². The van der Waals surface area contributed by atoms with Crippen molar-refractivity contribution in [1.82, 2.24) is 0 Å². The summed E-state index contributed by atoms with van der Waals surface area (Å²) in [4.78, 5) is 12.9. The lowest BCUT2D eigenvalue weighted by atomic mass is 9.99. The topological polar surface area (TPSA) is 54.0 Å². The van der Waals surface area contributed by atoms with E-state index in [1.54, 1.807) is 51.7 Å². The number of ether oxygens (including phenoxy) is 4. The summed E-state index contributed by atoms with van der Waals surface area (Å²) in [6, 6.07) is 8.52. The minimum absolute atomic E-state index is 0.176. The van der Waals surface area contributed by atoms with E-state index in [0.29, 0.717) is 34.1 Å². The van der Waals surface area contributed by atoms with Crippen molar-refractivity contribution >= 4 is 5.78 Å². The van der Waals surface area contributed by atoms with Gasteiger partial charge in [-0.05, 0) is 30.7 Å². The molecular formula is C18H20O5. The number of aryl methyl sites for hydroxylation is 1. The van der Waals surface area contributed by atoms with Crippen LogP contribution < -0.4 is 18.9 Å². The van der Waals surface area contributed by atoms with E-state index in [2.05, 4.69) is 0 Å². The third kappa shape index (κ3) is 3.39. The zero-order valence-corrected chi connectivity index (χ0v) is 13.9. The van der Waals surface area contributed by atoms with E-state index in [1.165, 1.54) is 7.11 Å². The molecule has 0 aromatic heterocycles. The summed E-state index contributed by atoms with van der Waals surface area (Å²) < 4.78 is 21.0. The molecular weight excluding hydrogens is 296 g/mol. The molecule has 0 bridgehead atoms. The Morgan fingerprint density at radius 1 is 0.739 bits per heavy atom. The Hall–Kier alpha value is -2.69. The van der Waals surface area contributed by atoms with Crippen molar-refractivity contribution in [2.24, 2.45) is 0 Å². The van der Waals surface area contributed by atoms with Gasteiger partial charge in [0, 0.05) is 17.7 Å². The van der Waals surface area contributed by atoms with Gasteiger partial charge in [-0.3, -0.25) is 4.79 Å². The molecule has 0 saturated carbocycles. The summed E-state index contributed by atoms with van der Waals surface area (Å²) in [7, 11) is 6.19. The molecule has 23 heavy (non-hydrogen) atoms. The summed E-state index contributed by atoms with van der Waals surface area (Å²) in [6.07, 6.45) is 0. The van der Waals surface area contributed by atoms with Crippen LogP contribution in [0.2, 0.25) is 0 Å². The Morgan fingerprint density at radius 3 is 1.78 bits per heavy atom. The second-order valence-corrected chi connectivity index (χ2v) is 4.95. The maximum Gasteiger partial charge on any atom is 0.197 e. The molecule has 0 aliphatic heterocycles. The second kappa shape index (κ2) is 7.05. The molecule has 0 aliphatic rings. The van der Waals surface area contributed by atoms with E-state index >= 15 is 0 Å². The van der Waals surface area contributed by atoms with Crippen molar-refractivity contribution in [2.45, 2.75) is 6.92 Å². The lowest BCUT2D eigenvalue weighted by Gasteiger charge is -2.13. The van der Waals surface area contributed by atoms with Gasteiger partial charge in [-0.2, -0.15) is 0 Å². The van der Waals surface area contributed by atoms with E-state index in [9.17, 15) is 4.79 Å². The number of hydrogen-bond donors (Lipinski definition) is 0. The molecule has 2 rings (SSSR count). The van der Waals surface area contributed by atoms with Crippen LogP contribution in [-0.2, 0) is 0 Å². The molecule has 0 atom stereocenters. The number of carbonyl (C=O) groups is 1. The molecule has 0 saturated heterocycles. The highest BCUT2D eigenvalue weighted by atomic mass is 16.5. The third-order valence-corrected chi connectivity index (χ3v) is 3.58. The quantitative estimate of drug-likeness (QED) is 0.766. The minimum Gasteiger partial charge on any atom is -0.497 e. The highest BCUT2D eigenvalue weighted by molar-refractivity contribution is 6.11. The Balaban J connectivity index is 2.54. The SMILES string of the molecule is COc1cc(OC)cc(C(=O)c2cc(C)c(OC)cc2OC)c1. The molecule has 0 N–H and O–H groups in total. The number of rotatable bonds is 6. The highest BCUT2D eigenvalue weighted by Gasteiger charge is 2.18. The molecule has 0 amide bonds. The van der Waals surface area contributed by atoms with E-state index in [4.69, 9.17) is 18.9 Å². The van der Waals surface area contributed by atoms with Gasteiger partial charge in [0.25, 0.3) is 0 Å². The Morgan fingerprint density at radius 2 is 1.30 bits per heavy atom. The van der Waals surface area contributed by atoms with Gasteiger partial charge in [-0.25, -0.2) is 0 Å². The van der Waals surface area contributed by atoms with Crippen LogP contribution in [0.4, 0.5) is 0 Å². The molecule has 0 radical (unpaired) electrons. The summed E-state index contributed by atoms with van der Waals surface area (Å²) in [6.45, 7) is 1.88. The van der Waals surface area contributed by atoms with Gasteiger partial charge in [-0.1, -0.05) is 0 Å². The maximum atomic E-state index is 12.9. The lowest BCUT2D eigenvalue weighted by molar-refractivity contribution is 0.103. The normalized spacial score (nSPS) is 10.1. The zero-order valence-electron chi connectivity index (χ0n) is 13.9. The molecule has 0 heterocycles. The summed E-state index contributed by atoms with van der Waals surface area (Å²) in [5, 5.41) is 0. The average molecular weight is 316 g/mol. The predicted molar refractivity (Wildman–Crippen MR) is 87.3 cm³/mol. The molecule has 0 aliphatic carbocycles. The number of benzene rings is 2. The Labute approximate surface area is 135 Å². The molecule has 2 aromatic rings. The summed E-state index contributed by atoms with van der Waals surface area (Å²) in [5.74, 6) is 2.06. The van der Waals surface area contributed by atoms with Crippen LogP contribution >= 0.6 is 0 Å². The first-order chi connectivity index (χ1) is 11.0. The van der Waals surface area contributed by atoms with Crippen LogP contribution in [0, 0.1) is 6.92 Å². The molecule has 0 unspecified atom stereocenters. The lowest BCUT2D eigenvalue weighted by Crippen LogP contribution is -2.06. The molecule has 0 fully saturated rings. The fourth-order valence-corrected chi connectivity index (χ4v) is 2.33. The van der Waals surface area contributed by atoms with Crippen molar-refractivity contribution in [3.8, 4) is 23.0 Å². The molecule has 5 nitrogen and oxygen atoms in total.